The number of hydrogen-bond acceptors (Lipinski definition) is 3. The molecule has 1 aromatic rings. The Kier molecular flexibility index (Phi) is 4.99. The number of benzene rings is 1. The summed E-state index contributed by atoms with van der Waals surface area (Å²) in [4.78, 5) is 2.13. The molecular weight excluding hydrogens is 210 g/mol. The van der Waals surface area contributed by atoms with Crippen LogP contribution in [0.3, 0.4) is 0 Å². The average molecular weight is 231 g/mol. The van der Waals surface area contributed by atoms with Crippen molar-refractivity contribution in [3.05, 3.63) is 29.8 Å². The highest BCUT2D eigenvalue weighted by atomic mass is 15.1. The molecule has 3 nitrogen and oxygen atoms in total. The van der Waals surface area contributed by atoms with E-state index in [0.717, 1.165) is 17.7 Å². The molecule has 0 aliphatic rings. The molecule has 0 saturated carbocycles. The smallest absolute Gasteiger partial charge is 0.0643 e. The second-order valence-electron chi connectivity index (χ2n) is 4.40. The summed E-state index contributed by atoms with van der Waals surface area (Å²) in [5.41, 5.74) is 8.40. The molecule has 0 aliphatic heterocycles. The number of nitriles is 1. The lowest BCUT2D eigenvalue weighted by atomic mass is 10.0. The van der Waals surface area contributed by atoms with Crippen LogP contribution >= 0.6 is 0 Å². The van der Waals surface area contributed by atoms with Crippen LogP contribution in [-0.4, -0.2) is 13.1 Å². The predicted molar refractivity (Wildman–Crippen MR) is 71.8 cm³/mol. The van der Waals surface area contributed by atoms with Crippen molar-refractivity contribution < 1.29 is 0 Å². The van der Waals surface area contributed by atoms with Gasteiger partial charge in [0.2, 0.25) is 0 Å². The minimum atomic E-state index is 0.0583. The lowest BCUT2D eigenvalue weighted by Gasteiger charge is -2.29. The summed E-state index contributed by atoms with van der Waals surface area (Å²) in [7, 11) is 2.02. The monoisotopic (exact) mass is 231 g/mol. The van der Waals surface area contributed by atoms with Gasteiger partial charge in [-0.3, -0.25) is 0 Å². The van der Waals surface area contributed by atoms with Crippen LogP contribution in [0.25, 0.3) is 0 Å². The molecule has 1 aromatic carbocycles. The van der Waals surface area contributed by atoms with Gasteiger partial charge in [-0.2, -0.15) is 5.26 Å². The molecule has 92 valence electrons. The molecule has 0 fully saturated rings. The van der Waals surface area contributed by atoms with Crippen molar-refractivity contribution >= 4 is 5.69 Å². The molecule has 3 heteroatoms. The van der Waals surface area contributed by atoms with Crippen molar-refractivity contribution in [2.75, 3.05) is 11.9 Å². The number of nitrogens with two attached hydrogens (primary N) is 1. The van der Waals surface area contributed by atoms with Crippen LogP contribution in [0.1, 0.15) is 38.3 Å². The van der Waals surface area contributed by atoms with E-state index in [2.05, 4.69) is 36.9 Å². The third-order valence-corrected chi connectivity index (χ3v) is 3.20. The number of para-hydroxylation sites is 1. The lowest BCUT2D eigenvalue weighted by Crippen LogP contribution is -2.30. The van der Waals surface area contributed by atoms with Crippen LogP contribution in [0, 0.1) is 11.3 Å². The SMILES string of the molecule is CCC(N)c1ccccc1N(C)C(C)CC#N. The molecule has 2 unspecified atom stereocenters. The van der Waals surface area contributed by atoms with Gasteiger partial charge in [-0.05, 0) is 25.0 Å². The van der Waals surface area contributed by atoms with Crippen molar-refractivity contribution in [1.29, 1.82) is 5.26 Å². The van der Waals surface area contributed by atoms with Gasteiger partial charge in [0.05, 0.1) is 12.5 Å². The summed E-state index contributed by atoms with van der Waals surface area (Å²) in [5, 5.41) is 8.76. The average Bonchev–Trinajstić information content (AvgIpc) is 2.37. The van der Waals surface area contributed by atoms with Gasteiger partial charge < -0.3 is 10.6 Å². The second kappa shape index (κ2) is 6.27. The van der Waals surface area contributed by atoms with E-state index in [1.807, 2.05) is 19.2 Å². The van der Waals surface area contributed by atoms with Crippen LogP contribution in [0.2, 0.25) is 0 Å². The van der Waals surface area contributed by atoms with Crippen molar-refractivity contribution in [3.8, 4) is 6.07 Å². The van der Waals surface area contributed by atoms with Gasteiger partial charge in [0.25, 0.3) is 0 Å². The molecule has 0 aliphatic carbocycles. The first-order chi connectivity index (χ1) is 8.11. The lowest BCUT2D eigenvalue weighted by molar-refractivity contribution is 0.668. The molecule has 0 amide bonds. The number of nitrogens with zero attached hydrogens (tertiary/aromatic N) is 2. The third kappa shape index (κ3) is 3.21. The van der Waals surface area contributed by atoms with Crippen molar-refractivity contribution in [3.63, 3.8) is 0 Å². The van der Waals surface area contributed by atoms with Gasteiger partial charge in [-0.1, -0.05) is 25.1 Å². The zero-order valence-electron chi connectivity index (χ0n) is 10.9. The Morgan fingerprint density at radius 1 is 1.41 bits per heavy atom. The highest BCUT2D eigenvalue weighted by molar-refractivity contribution is 5.55. The maximum absolute atomic E-state index is 8.76. The molecule has 0 radical (unpaired) electrons. The first kappa shape index (κ1) is 13.5. The van der Waals surface area contributed by atoms with E-state index >= 15 is 0 Å². The summed E-state index contributed by atoms with van der Waals surface area (Å²) in [5.74, 6) is 0. The fourth-order valence-corrected chi connectivity index (χ4v) is 1.85. The van der Waals surface area contributed by atoms with Crippen LogP contribution < -0.4 is 10.6 Å². The zero-order valence-corrected chi connectivity index (χ0v) is 10.9. The number of hydrogen-bond donors (Lipinski definition) is 1. The molecule has 0 spiro atoms. The van der Waals surface area contributed by atoms with E-state index < -0.39 is 0 Å². The minimum absolute atomic E-state index is 0.0583. The normalized spacial score (nSPS) is 13.8. The highest BCUT2D eigenvalue weighted by Crippen LogP contribution is 2.27. The maximum Gasteiger partial charge on any atom is 0.0643 e. The fourth-order valence-electron chi connectivity index (χ4n) is 1.85. The third-order valence-electron chi connectivity index (χ3n) is 3.20. The van der Waals surface area contributed by atoms with Gasteiger partial charge in [0.15, 0.2) is 0 Å². The molecular formula is C14H21N3. The van der Waals surface area contributed by atoms with E-state index in [1.165, 1.54) is 0 Å². The van der Waals surface area contributed by atoms with E-state index in [4.69, 9.17) is 11.0 Å². The first-order valence-electron chi connectivity index (χ1n) is 6.06. The summed E-state index contributed by atoms with van der Waals surface area (Å²) >= 11 is 0. The highest BCUT2D eigenvalue weighted by Gasteiger charge is 2.15. The van der Waals surface area contributed by atoms with Crippen LogP contribution in [-0.2, 0) is 0 Å². The van der Waals surface area contributed by atoms with Crippen molar-refractivity contribution in [1.82, 2.24) is 0 Å². The largest absolute Gasteiger partial charge is 0.371 e. The van der Waals surface area contributed by atoms with Gasteiger partial charge in [-0.15, -0.1) is 0 Å². The fraction of sp³-hybridized carbons (Fsp3) is 0.500. The van der Waals surface area contributed by atoms with E-state index in [0.29, 0.717) is 6.42 Å². The molecule has 0 aromatic heterocycles. The summed E-state index contributed by atoms with van der Waals surface area (Å²) < 4.78 is 0. The van der Waals surface area contributed by atoms with E-state index in [1.54, 1.807) is 0 Å². The summed E-state index contributed by atoms with van der Waals surface area (Å²) in [6.07, 6.45) is 1.43. The minimum Gasteiger partial charge on any atom is -0.371 e. The van der Waals surface area contributed by atoms with Gasteiger partial charge in [-0.25, -0.2) is 0 Å². The first-order valence-corrected chi connectivity index (χ1v) is 6.06. The zero-order chi connectivity index (χ0) is 12.8. The van der Waals surface area contributed by atoms with Gasteiger partial charge in [0, 0.05) is 24.8 Å². The Labute approximate surface area is 104 Å². The summed E-state index contributed by atoms with van der Waals surface area (Å²) in [6, 6.07) is 10.6. The van der Waals surface area contributed by atoms with Crippen LogP contribution in [0.4, 0.5) is 5.69 Å². The number of rotatable bonds is 5. The molecule has 17 heavy (non-hydrogen) atoms. The Hall–Kier alpha value is -1.53. The van der Waals surface area contributed by atoms with Gasteiger partial charge in [0.1, 0.15) is 0 Å². The van der Waals surface area contributed by atoms with Crippen LogP contribution in [0.15, 0.2) is 24.3 Å². The quantitative estimate of drug-likeness (QED) is 0.847. The predicted octanol–water partition coefficient (Wildman–Crippen LogP) is 2.83. The summed E-state index contributed by atoms with van der Waals surface area (Å²) in [6.45, 7) is 4.14. The van der Waals surface area contributed by atoms with Gasteiger partial charge >= 0.3 is 0 Å². The Bertz CT molecular complexity index is 395. The van der Waals surface area contributed by atoms with Crippen LogP contribution in [0.5, 0.6) is 0 Å². The molecule has 2 atom stereocenters. The maximum atomic E-state index is 8.76. The molecule has 0 bridgehead atoms. The van der Waals surface area contributed by atoms with E-state index in [-0.39, 0.29) is 12.1 Å². The van der Waals surface area contributed by atoms with E-state index in [9.17, 15) is 0 Å². The Morgan fingerprint density at radius 2 is 2.06 bits per heavy atom. The standard InChI is InChI=1S/C14H21N3/c1-4-13(16)12-7-5-6-8-14(12)17(3)11(2)9-10-15/h5-8,11,13H,4,9,16H2,1-3H3. The molecule has 0 saturated heterocycles. The number of anilines is 1. The molecule has 1 rings (SSSR count). The van der Waals surface area contributed by atoms with Crippen molar-refractivity contribution in [2.45, 2.75) is 38.8 Å². The van der Waals surface area contributed by atoms with Crippen molar-refractivity contribution in [2.24, 2.45) is 5.73 Å². The molecule has 0 heterocycles. The Morgan fingerprint density at radius 3 is 2.65 bits per heavy atom. The second-order valence-corrected chi connectivity index (χ2v) is 4.40. The Balaban J connectivity index is 3.01. The molecule has 2 N–H and O–H groups in total. The topological polar surface area (TPSA) is 53.0 Å².